The first-order valence-corrected chi connectivity index (χ1v) is 24.5. The number of hydrogen-bond donors (Lipinski definition) is 5. The summed E-state index contributed by atoms with van der Waals surface area (Å²) >= 11 is 0. The van der Waals surface area contributed by atoms with Gasteiger partial charge in [0.15, 0.2) is 8.32 Å². The van der Waals surface area contributed by atoms with Crippen LogP contribution in [-0.4, -0.2) is 76.3 Å². The number of phenols is 1. The van der Waals surface area contributed by atoms with Crippen molar-refractivity contribution >= 4 is 42.0 Å². The van der Waals surface area contributed by atoms with Crippen molar-refractivity contribution in [2.45, 2.75) is 89.8 Å². The van der Waals surface area contributed by atoms with Gasteiger partial charge in [0.05, 0.1) is 34.4 Å². The fourth-order valence-electron chi connectivity index (χ4n) is 9.06. The van der Waals surface area contributed by atoms with Crippen LogP contribution in [0.5, 0.6) is 5.75 Å². The Balaban J connectivity index is 0.975. The van der Waals surface area contributed by atoms with E-state index in [0.29, 0.717) is 43.9 Å². The Labute approximate surface area is 357 Å². The number of aromatic amines is 2. The van der Waals surface area contributed by atoms with Crippen LogP contribution in [0.15, 0.2) is 101 Å². The third-order valence-electron chi connectivity index (χ3n) is 13.4. The van der Waals surface area contributed by atoms with Gasteiger partial charge in [-0.05, 0) is 115 Å². The predicted octanol–water partition coefficient (Wildman–Crippen LogP) is 8.61. The molecule has 3 saturated heterocycles. The van der Waals surface area contributed by atoms with Gasteiger partial charge in [0.25, 0.3) is 0 Å². The second-order valence-corrected chi connectivity index (χ2v) is 23.2. The normalized spacial score (nSPS) is 18.5. The molecule has 0 saturated carbocycles. The highest BCUT2D eigenvalue weighted by Crippen LogP contribution is 2.42. The lowest BCUT2D eigenvalue weighted by Crippen LogP contribution is -2.59. The van der Waals surface area contributed by atoms with Gasteiger partial charge in [0.2, 0.25) is 5.56 Å². The molecule has 12 nitrogen and oxygen atoms in total. The van der Waals surface area contributed by atoms with E-state index in [2.05, 4.69) is 72.2 Å². The maximum Gasteiger partial charge on any atom is 0.412 e. The van der Waals surface area contributed by atoms with Gasteiger partial charge < -0.3 is 34.8 Å². The Morgan fingerprint density at radius 2 is 1.70 bits per heavy atom. The quantitative estimate of drug-likeness (QED) is 0.0683. The van der Waals surface area contributed by atoms with E-state index in [1.165, 1.54) is 6.07 Å². The van der Waals surface area contributed by atoms with E-state index in [1.807, 2.05) is 54.6 Å². The van der Waals surface area contributed by atoms with E-state index in [9.17, 15) is 24.6 Å². The number of H-pyrrole nitrogens is 2. The Hall–Kier alpha value is -5.47. The molecule has 4 aromatic carbocycles. The van der Waals surface area contributed by atoms with Gasteiger partial charge in [0, 0.05) is 43.2 Å². The standard InChI is InChI=1S/C48H58N6O6Si/c1-48(2,3)61(4,5)60-43(36-16-19-42(55)45-37(36)17-20-44(56)51-45)29-49-28-32-14-18-39-38(26-32)50-46(57)53(39)23-9-10-31-13-15-35(33-11-7-6-8-12-33)40(27-31)54(47(58)59)41-30-52-24-21-34(41)22-25-52/h6-8,11-20,26-27,34,41,43,49,55H,9-10,21-25,28-30H2,1-5H3,(H,50,57)(H,51,56)(H,58,59)/t41-,43+/m0/s1. The zero-order valence-corrected chi connectivity index (χ0v) is 36.8. The molecule has 1 amide bonds. The van der Waals surface area contributed by atoms with Crippen molar-refractivity contribution in [3.8, 4) is 16.9 Å². The zero-order chi connectivity index (χ0) is 43.1. The van der Waals surface area contributed by atoms with Crippen LogP contribution in [0.2, 0.25) is 18.1 Å². The first kappa shape index (κ1) is 42.2. The highest BCUT2D eigenvalue weighted by Gasteiger charge is 2.41. The second-order valence-electron chi connectivity index (χ2n) is 18.4. The molecule has 3 fully saturated rings. The number of carbonyl (C=O) groups is 1. The van der Waals surface area contributed by atoms with Gasteiger partial charge in [-0.3, -0.25) is 14.3 Å². The van der Waals surface area contributed by atoms with E-state index < -0.39 is 14.4 Å². The van der Waals surface area contributed by atoms with E-state index >= 15 is 0 Å². The molecule has 13 heteroatoms. The third kappa shape index (κ3) is 8.83. The molecule has 2 aromatic heterocycles. The minimum absolute atomic E-state index is 0.0123. The number of carboxylic acid groups (broad SMARTS) is 1. The molecule has 0 unspecified atom stereocenters. The van der Waals surface area contributed by atoms with Crippen LogP contribution >= 0.6 is 0 Å². The van der Waals surface area contributed by atoms with Gasteiger partial charge in [-0.15, -0.1) is 0 Å². The summed E-state index contributed by atoms with van der Waals surface area (Å²) in [6, 6.07) is 28.8. The molecule has 9 rings (SSSR count). The lowest BCUT2D eigenvalue weighted by Gasteiger charge is -2.48. The molecule has 3 aliphatic heterocycles. The number of rotatable bonds is 14. The smallest absolute Gasteiger partial charge is 0.412 e. The summed E-state index contributed by atoms with van der Waals surface area (Å²) in [5.41, 5.74) is 7.08. The number of anilines is 1. The molecule has 3 aliphatic rings. The molecule has 61 heavy (non-hydrogen) atoms. The maximum absolute atomic E-state index is 13.3. The number of nitrogens with one attached hydrogen (secondary N) is 3. The predicted molar refractivity (Wildman–Crippen MR) is 245 cm³/mol. The number of aromatic nitrogens is 3. The largest absolute Gasteiger partial charge is 0.506 e. The number of fused-ring (bicyclic) bond motifs is 5. The first-order chi connectivity index (χ1) is 29.2. The van der Waals surface area contributed by atoms with Crippen LogP contribution in [0.1, 0.15) is 62.8 Å². The highest BCUT2D eigenvalue weighted by molar-refractivity contribution is 6.74. The van der Waals surface area contributed by atoms with Crippen molar-refractivity contribution in [3.05, 3.63) is 129 Å². The summed E-state index contributed by atoms with van der Waals surface area (Å²) in [5, 5.41) is 25.6. The summed E-state index contributed by atoms with van der Waals surface area (Å²) in [5.74, 6) is 0.357. The Morgan fingerprint density at radius 3 is 2.41 bits per heavy atom. The number of phenolic OH excluding ortho intramolecular Hbond substituents is 1. The molecule has 0 spiro atoms. The molecular formula is C48H58N6O6Si. The highest BCUT2D eigenvalue weighted by atomic mass is 28.4. The average Bonchev–Trinajstić information content (AvgIpc) is 3.54. The van der Waals surface area contributed by atoms with Crippen LogP contribution in [0.25, 0.3) is 33.1 Å². The number of imidazole rings is 1. The summed E-state index contributed by atoms with van der Waals surface area (Å²) in [7, 11) is -2.25. The monoisotopic (exact) mass is 842 g/mol. The fraction of sp³-hybridized carbons (Fsp3) is 0.396. The van der Waals surface area contributed by atoms with Crippen molar-refractivity contribution in [1.82, 2.24) is 24.8 Å². The summed E-state index contributed by atoms with van der Waals surface area (Å²) < 4.78 is 8.76. The van der Waals surface area contributed by atoms with Crippen LogP contribution in [-0.2, 0) is 23.9 Å². The maximum atomic E-state index is 13.3. The van der Waals surface area contributed by atoms with Crippen molar-refractivity contribution in [1.29, 1.82) is 0 Å². The molecule has 5 N–H and O–H groups in total. The Kier molecular flexibility index (Phi) is 11.9. The van der Waals surface area contributed by atoms with E-state index in [1.54, 1.807) is 21.6 Å². The minimum atomic E-state index is -2.25. The SMILES string of the molecule is CC(C)(C)[Si](C)(C)O[C@H](CNCc1ccc2c(c1)[nH]c(=O)n2CCCc1ccc(-c2ccccc2)c(N(C(=O)O)[C@H]2CN3CCC2CC3)c1)c1ccc(O)c2[nH]c(=O)ccc12. The van der Waals surface area contributed by atoms with Gasteiger partial charge in [0.1, 0.15) is 5.75 Å². The fourth-order valence-corrected chi connectivity index (χ4v) is 10.3. The van der Waals surface area contributed by atoms with Gasteiger partial charge in [-0.2, -0.15) is 0 Å². The number of piperidine rings is 3. The zero-order valence-electron chi connectivity index (χ0n) is 35.8. The Bertz CT molecular complexity index is 2660. The number of hydrogen-bond acceptors (Lipinski definition) is 7. The third-order valence-corrected chi connectivity index (χ3v) is 17.9. The molecule has 6 aromatic rings. The molecule has 0 aliphatic carbocycles. The van der Waals surface area contributed by atoms with Gasteiger partial charge in [-0.1, -0.05) is 75.4 Å². The summed E-state index contributed by atoms with van der Waals surface area (Å²) in [4.78, 5) is 48.4. The summed E-state index contributed by atoms with van der Waals surface area (Å²) in [6.07, 6.45) is 2.14. The molecule has 0 radical (unpaired) electrons. The molecular weight excluding hydrogens is 785 g/mol. The van der Waals surface area contributed by atoms with Gasteiger partial charge in [-0.25, -0.2) is 9.59 Å². The van der Waals surface area contributed by atoms with Gasteiger partial charge >= 0.3 is 11.8 Å². The number of aryl methyl sites for hydroxylation is 2. The number of nitrogens with zero attached hydrogens (tertiary/aromatic N) is 3. The van der Waals surface area contributed by atoms with Crippen LogP contribution < -0.4 is 21.5 Å². The van der Waals surface area contributed by atoms with Crippen LogP contribution in [0.3, 0.4) is 0 Å². The van der Waals surface area contributed by atoms with E-state index in [4.69, 9.17) is 4.43 Å². The van der Waals surface area contributed by atoms with E-state index in [0.717, 1.165) is 82.4 Å². The molecule has 5 heterocycles. The van der Waals surface area contributed by atoms with Crippen molar-refractivity contribution in [2.24, 2.45) is 5.92 Å². The average molecular weight is 843 g/mol. The van der Waals surface area contributed by atoms with Crippen molar-refractivity contribution in [2.75, 3.05) is 31.1 Å². The minimum Gasteiger partial charge on any atom is -0.506 e. The van der Waals surface area contributed by atoms with Crippen molar-refractivity contribution < 1.29 is 19.4 Å². The number of benzene rings is 4. The number of aromatic hydroxyl groups is 1. The van der Waals surface area contributed by atoms with Crippen LogP contribution in [0.4, 0.5) is 10.5 Å². The lowest BCUT2D eigenvalue weighted by molar-refractivity contribution is 0.0837. The van der Waals surface area contributed by atoms with E-state index in [-0.39, 0.29) is 34.2 Å². The first-order valence-electron chi connectivity index (χ1n) is 21.5. The van der Waals surface area contributed by atoms with Crippen LogP contribution in [0, 0.1) is 5.92 Å². The molecule has 2 atom stereocenters. The Morgan fingerprint density at radius 1 is 0.951 bits per heavy atom. The second kappa shape index (κ2) is 17.1. The lowest BCUT2D eigenvalue weighted by atomic mass is 9.82. The number of pyridine rings is 1. The van der Waals surface area contributed by atoms with Crippen molar-refractivity contribution in [3.63, 3.8) is 0 Å². The molecule has 320 valence electrons. The molecule has 2 bridgehead atoms. The summed E-state index contributed by atoms with van der Waals surface area (Å²) in [6.45, 7) is 15.4. The topological polar surface area (TPSA) is 156 Å². The number of amides is 1.